The summed E-state index contributed by atoms with van der Waals surface area (Å²) in [6.45, 7) is -0.172. The molecule has 10 heteroatoms. The van der Waals surface area contributed by atoms with Gasteiger partial charge in [-0.25, -0.2) is 14.3 Å². The molecule has 0 saturated heterocycles. The molecule has 0 radical (unpaired) electrons. The third-order valence-electron chi connectivity index (χ3n) is 3.01. The van der Waals surface area contributed by atoms with E-state index in [1.807, 2.05) is 0 Å². The van der Waals surface area contributed by atoms with E-state index in [1.54, 1.807) is 12.1 Å². The van der Waals surface area contributed by atoms with Gasteiger partial charge in [-0.3, -0.25) is 8.75 Å². The van der Waals surface area contributed by atoms with Crippen LogP contribution in [0.25, 0.3) is 0 Å². The third-order valence-corrected chi connectivity index (χ3v) is 4.25. The molecule has 0 amide bonds. The molecule has 0 bridgehead atoms. The number of rotatable bonds is 5. The van der Waals surface area contributed by atoms with Gasteiger partial charge in [0.1, 0.15) is 0 Å². The fraction of sp³-hybridized carbons (Fsp3) is 0.250. The minimum atomic E-state index is -4.13. The number of benzene rings is 1. The predicted octanol–water partition coefficient (Wildman–Crippen LogP) is -0.337. The summed E-state index contributed by atoms with van der Waals surface area (Å²) in [6.07, 6.45) is 0. The Morgan fingerprint density at radius 3 is 2.59 bits per heavy atom. The van der Waals surface area contributed by atoms with E-state index in [2.05, 4.69) is 9.28 Å². The Hall–Kier alpha value is -2.46. The number of aromatic nitrogens is 3. The van der Waals surface area contributed by atoms with Crippen LogP contribution in [0.15, 0.2) is 34.2 Å². The summed E-state index contributed by atoms with van der Waals surface area (Å²) in [5, 5.41) is 12.3. The Labute approximate surface area is 125 Å². The van der Waals surface area contributed by atoms with Crippen molar-refractivity contribution in [1.29, 1.82) is 0 Å². The summed E-state index contributed by atoms with van der Waals surface area (Å²) in [7, 11) is -1.94. The number of aromatic carboxylic acids is 1. The lowest BCUT2D eigenvalue weighted by Gasteiger charge is -2.04. The number of carboxylic acid groups (broad SMARTS) is 1. The van der Waals surface area contributed by atoms with Gasteiger partial charge in [0.15, 0.2) is 0 Å². The molecule has 0 saturated carbocycles. The highest BCUT2D eigenvalue weighted by molar-refractivity contribution is 7.86. The topological polar surface area (TPSA) is 120 Å². The quantitative estimate of drug-likeness (QED) is 0.746. The molecule has 2 aromatic rings. The zero-order valence-corrected chi connectivity index (χ0v) is 12.6. The van der Waals surface area contributed by atoms with Crippen LogP contribution in [0.4, 0.5) is 0 Å². The Bertz CT molecular complexity index is 881. The van der Waals surface area contributed by atoms with E-state index in [0.717, 1.165) is 16.4 Å². The number of carbonyl (C=O) groups is 1. The van der Waals surface area contributed by atoms with Crippen LogP contribution < -0.4 is 5.69 Å². The smallest absolute Gasteiger partial charge is 0.346 e. The molecule has 1 heterocycles. The van der Waals surface area contributed by atoms with Gasteiger partial charge in [-0.2, -0.15) is 8.42 Å². The third kappa shape index (κ3) is 2.78. The van der Waals surface area contributed by atoms with E-state index in [9.17, 15) is 18.0 Å². The van der Waals surface area contributed by atoms with Crippen molar-refractivity contribution < 1.29 is 22.5 Å². The molecule has 0 aliphatic carbocycles. The summed E-state index contributed by atoms with van der Waals surface area (Å²) < 4.78 is 29.3. The van der Waals surface area contributed by atoms with Gasteiger partial charge < -0.3 is 5.11 Å². The maximum Gasteiger partial charge on any atom is 0.346 e. The maximum atomic E-state index is 12.0. The molecule has 1 aromatic carbocycles. The Balaban J connectivity index is 2.51. The minimum Gasteiger partial charge on any atom is -0.478 e. The number of hydrogen-bond acceptors (Lipinski definition) is 6. The summed E-state index contributed by atoms with van der Waals surface area (Å²) in [6, 6.07) is 6.07. The molecule has 0 aliphatic heterocycles. The van der Waals surface area contributed by atoms with E-state index < -0.39 is 26.9 Å². The second kappa shape index (κ2) is 5.73. The molecular formula is C12H13N3O6S. The van der Waals surface area contributed by atoms with Crippen LogP contribution >= 0.6 is 0 Å². The van der Waals surface area contributed by atoms with Gasteiger partial charge in [0, 0.05) is 7.05 Å². The first-order valence-electron chi connectivity index (χ1n) is 6.03. The van der Waals surface area contributed by atoms with Gasteiger partial charge in [-0.1, -0.05) is 18.2 Å². The van der Waals surface area contributed by atoms with Crippen molar-refractivity contribution in [2.24, 2.45) is 7.05 Å². The molecule has 2 rings (SSSR count). The fourth-order valence-corrected chi connectivity index (χ4v) is 2.65. The van der Waals surface area contributed by atoms with E-state index in [1.165, 1.54) is 19.2 Å². The molecule has 118 valence electrons. The molecular weight excluding hydrogens is 314 g/mol. The molecule has 0 spiro atoms. The highest BCUT2D eigenvalue weighted by Crippen LogP contribution is 2.11. The second-order valence-electron chi connectivity index (χ2n) is 4.36. The average Bonchev–Trinajstić information content (AvgIpc) is 2.76. The van der Waals surface area contributed by atoms with Gasteiger partial charge in [0.25, 0.3) is 5.16 Å². The van der Waals surface area contributed by atoms with Crippen LogP contribution in [-0.2, 0) is 27.9 Å². The minimum absolute atomic E-state index is 0.0104. The van der Waals surface area contributed by atoms with Crippen LogP contribution in [0, 0.1) is 0 Å². The van der Waals surface area contributed by atoms with Crippen LogP contribution in [-0.4, -0.2) is 41.0 Å². The summed E-state index contributed by atoms with van der Waals surface area (Å²) in [5.74, 6) is -1.15. The standard InChI is InChI=1S/C12H13N3O6S/c1-14-11(22(19,20)21-2)13-15(12(14)18)7-8-5-3-4-6-9(8)10(16)17/h3-6H,7H2,1-2H3,(H,16,17). The van der Waals surface area contributed by atoms with Gasteiger partial charge in [0.05, 0.1) is 19.2 Å². The first-order chi connectivity index (χ1) is 10.3. The second-order valence-corrected chi connectivity index (χ2v) is 5.97. The first kappa shape index (κ1) is 15.9. The van der Waals surface area contributed by atoms with Crippen LogP contribution in [0.2, 0.25) is 0 Å². The maximum absolute atomic E-state index is 12.0. The van der Waals surface area contributed by atoms with Gasteiger partial charge in [-0.05, 0) is 11.6 Å². The lowest BCUT2D eigenvalue weighted by atomic mass is 10.1. The number of nitrogens with zero attached hydrogens (tertiary/aromatic N) is 3. The molecule has 9 nitrogen and oxygen atoms in total. The van der Waals surface area contributed by atoms with E-state index in [4.69, 9.17) is 5.11 Å². The van der Waals surface area contributed by atoms with Crippen LogP contribution in [0.1, 0.15) is 15.9 Å². The van der Waals surface area contributed by atoms with E-state index in [-0.39, 0.29) is 12.1 Å². The molecule has 1 N–H and O–H groups in total. The van der Waals surface area contributed by atoms with Gasteiger partial charge in [-0.15, -0.1) is 5.10 Å². The number of hydrogen-bond donors (Lipinski definition) is 1. The lowest BCUT2D eigenvalue weighted by molar-refractivity contribution is 0.0695. The fourth-order valence-electron chi connectivity index (χ4n) is 1.89. The van der Waals surface area contributed by atoms with Crippen molar-refractivity contribution in [2.75, 3.05) is 7.11 Å². The van der Waals surface area contributed by atoms with Crippen LogP contribution in [0.3, 0.4) is 0 Å². The molecule has 1 aromatic heterocycles. The zero-order valence-electron chi connectivity index (χ0n) is 11.8. The normalized spacial score (nSPS) is 11.5. The molecule has 22 heavy (non-hydrogen) atoms. The van der Waals surface area contributed by atoms with Gasteiger partial charge in [0.2, 0.25) is 0 Å². The van der Waals surface area contributed by atoms with E-state index in [0.29, 0.717) is 5.56 Å². The summed E-state index contributed by atoms with van der Waals surface area (Å²) >= 11 is 0. The van der Waals surface area contributed by atoms with Crippen molar-refractivity contribution in [1.82, 2.24) is 14.3 Å². The Morgan fingerprint density at radius 1 is 1.36 bits per heavy atom. The molecule has 0 aliphatic rings. The van der Waals surface area contributed by atoms with Crippen molar-refractivity contribution >= 4 is 16.1 Å². The monoisotopic (exact) mass is 327 g/mol. The van der Waals surface area contributed by atoms with E-state index >= 15 is 0 Å². The predicted molar refractivity (Wildman–Crippen MR) is 74.2 cm³/mol. The highest BCUT2D eigenvalue weighted by Gasteiger charge is 2.24. The molecule has 0 unspecified atom stereocenters. The Kier molecular flexibility index (Phi) is 4.15. The summed E-state index contributed by atoms with van der Waals surface area (Å²) in [5.41, 5.74) is -0.358. The highest BCUT2D eigenvalue weighted by atomic mass is 32.2. The van der Waals surface area contributed by atoms with Crippen molar-refractivity contribution in [3.63, 3.8) is 0 Å². The molecule has 0 atom stereocenters. The van der Waals surface area contributed by atoms with Gasteiger partial charge >= 0.3 is 21.8 Å². The van der Waals surface area contributed by atoms with Crippen molar-refractivity contribution in [2.45, 2.75) is 11.7 Å². The Morgan fingerprint density at radius 2 is 2.00 bits per heavy atom. The summed E-state index contributed by atoms with van der Waals surface area (Å²) in [4.78, 5) is 23.2. The van der Waals surface area contributed by atoms with Crippen molar-refractivity contribution in [3.8, 4) is 0 Å². The van der Waals surface area contributed by atoms with Crippen molar-refractivity contribution in [3.05, 3.63) is 45.9 Å². The zero-order chi connectivity index (χ0) is 16.5. The lowest BCUT2D eigenvalue weighted by Crippen LogP contribution is -2.25. The SMILES string of the molecule is COS(=O)(=O)c1nn(Cc2ccccc2C(=O)O)c(=O)n1C. The molecule has 0 fully saturated rings. The largest absolute Gasteiger partial charge is 0.478 e. The van der Waals surface area contributed by atoms with Crippen LogP contribution in [0.5, 0.6) is 0 Å². The first-order valence-corrected chi connectivity index (χ1v) is 7.44. The number of carboxylic acids is 1. The average molecular weight is 327 g/mol.